The maximum absolute atomic E-state index is 13.3. The number of benzene rings is 2. The summed E-state index contributed by atoms with van der Waals surface area (Å²) in [5.74, 6) is -2.30. The summed E-state index contributed by atoms with van der Waals surface area (Å²) in [4.78, 5) is 44.6. The van der Waals surface area contributed by atoms with Crippen LogP contribution >= 0.6 is 22.9 Å². The third-order valence-corrected chi connectivity index (χ3v) is 7.23. The first-order valence-electron chi connectivity index (χ1n) is 10.9. The number of aliphatic hydroxyl groups excluding tert-OH is 1. The van der Waals surface area contributed by atoms with Crippen LogP contribution in [0.1, 0.15) is 57.9 Å². The van der Waals surface area contributed by atoms with Crippen molar-refractivity contribution in [1.29, 1.82) is 0 Å². The Morgan fingerprint density at radius 1 is 1.11 bits per heavy atom. The molecule has 180 valence electrons. The second-order valence-electron chi connectivity index (χ2n) is 8.40. The number of aryl methyl sites for hydroxylation is 1. The van der Waals surface area contributed by atoms with E-state index in [9.17, 15) is 19.5 Å². The number of methoxy groups -OCH3 is 1. The van der Waals surface area contributed by atoms with Crippen molar-refractivity contribution in [2.24, 2.45) is 0 Å². The smallest absolute Gasteiger partial charge is 0.350 e. The highest BCUT2D eigenvalue weighted by atomic mass is 35.5. The van der Waals surface area contributed by atoms with E-state index in [4.69, 9.17) is 16.3 Å². The molecule has 1 amide bonds. The molecule has 1 atom stereocenters. The number of halogens is 1. The number of carbonyl (C=O) groups is 3. The summed E-state index contributed by atoms with van der Waals surface area (Å²) in [7, 11) is 1.26. The molecule has 0 unspecified atom stereocenters. The lowest BCUT2D eigenvalue weighted by Gasteiger charge is -2.23. The van der Waals surface area contributed by atoms with Crippen LogP contribution in [0.2, 0.25) is 5.02 Å². The molecule has 0 aliphatic carbocycles. The van der Waals surface area contributed by atoms with Gasteiger partial charge in [-0.15, -0.1) is 0 Å². The lowest BCUT2D eigenvalue weighted by Crippen LogP contribution is -2.29. The molecular formula is C26H23ClN2O5S. The van der Waals surface area contributed by atoms with Gasteiger partial charge in [-0.2, -0.15) is 0 Å². The van der Waals surface area contributed by atoms with Crippen molar-refractivity contribution >= 4 is 51.5 Å². The van der Waals surface area contributed by atoms with Gasteiger partial charge < -0.3 is 9.84 Å². The number of hydrogen-bond acceptors (Lipinski definition) is 7. The minimum atomic E-state index is -0.942. The van der Waals surface area contributed by atoms with E-state index in [2.05, 4.69) is 18.8 Å². The number of aromatic nitrogens is 1. The normalized spacial score (nSPS) is 17.3. The van der Waals surface area contributed by atoms with Crippen LogP contribution in [0.3, 0.4) is 0 Å². The first kappa shape index (κ1) is 24.6. The highest BCUT2D eigenvalue weighted by Gasteiger charge is 2.48. The molecule has 2 heterocycles. The largest absolute Gasteiger partial charge is 0.507 e. The van der Waals surface area contributed by atoms with Crippen molar-refractivity contribution in [1.82, 2.24) is 4.98 Å². The summed E-state index contributed by atoms with van der Waals surface area (Å²) in [6, 6.07) is 12.9. The van der Waals surface area contributed by atoms with Gasteiger partial charge in [0.05, 0.1) is 24.4 Å². The third-order valence-electron chi connectivity index (χ3n) is 5.84. The molecule has 0 saturated carbocycles. The number of aliphatic hydroxyl groups is 1. The topological polar surface area (TPSA) is 96.8 Å². The lowest BCUT2D eigenvalue weighted by molar-refractivity contribution is -0.132. The van der Waals surface area contributed by atoms with Gasteiger partial charge in [-0.25, -0.2) is 9.78 Å². The first-order chi connectivity index (χ1) is 16.6. The van der Waals surface area contributed by atoms with Gasteiger partial charge in [0.1, 0.15) is 10.6 Å². The Morgan fingerprint density at radius 2 is 1.74 bits per heavy atom. The predicted molar refractivity (Wildman–Crippen MR) is 135 cm³/mol. The second-order valence-corrected chi connectivity index (χ2v) is 9.81. The van der Waals surface area contributed by atoms with Crippen molar-refractivity contribution < 1.29 is 24.2 Å². The Balaban J connectivity index is 1.92. The maximum Gasteiger partial charge on any atom is 0.350 e. The Labute approximate surface area is 211 Å². The van der Waals surface area contributed by atoms with E-state index in [1.165, 1.54) is 12.0 Å². The number of anilines is 1. The monoisotopic (exact) mass is 510 g/mol. The van der Waals surface area contributed by atoms with Crippen molar-refractivity contribution in [2.75, 3.05) is 12.0 Å². The average Bonchev–Trinajstić information content (AvgIpc) is 3.35. The highest BCUT2D eigenvalue weighted by molar-refractivity contribution is 7.17. The van der Waals surface area contributed by atoms with Crippen LogP contribution in [-0.4, -0.2) is 34.9 Å². The van der Waals surface area contributed by atoms with E-state index >= 15 is 0 Å². The number of amides is 1. The van der Waals surface area contributed by atoms with Crippen LogP contribution in [0.5, 0.6) is 0 Å². The minimum Gasteiger partial charge on any atom is -0.507 e. The van der Waals surface area contributed by atoms with Gasteiger partial charge in [-0.05, 0) is 48.2 Å². The lowest BCUT2D eigenvalue weighted by atomic mass is 9.93. The van der Waals surface area contributed by atoms with Crippen LogP contribution < -0.4 is 4.90 Å². The number of ketones is 1. The van der Waals surface area contributed by atoms with Crippen LogP contribution in [0.15, 0.2) is 54.1 Å². The Kier molecular flexibility index (Phi) is 6.78. The van der Waals surface area contributed by atoms with E-state index in [1.807, 2.05) is 24.3 Å². The van der Waals surface area contributed by atoms with Crippen LogP contribution in [0.4, 0.5) is 5.13 Å². The van der Waals surface area contributed by atoms with E-state index in [0.717, 1.165) is 16.9 Å². The van der Waals surface area contributed by atoms with Gasteiger partial charge in [-0.3, -0.25) is 14.5 Å². The SMILES string of the molecule is COC(=O)c1sc(N2C(=O)C(=O)/C(=C(/O)c3ccc(Cl)cc3)[C@@H]2c2ccc(C(C)C)cc2)nc1C. The molecule has 7 nitrogen and oxygen atoms in total. The fraction of sp³-hybridized carbons (Fsp3) is 0.231. The molecule has 1 aliphatic rings. The Bertz CT molecular complexity index is 1340. The van der Waals surface area contributed by atoms with Crippen LogP contribution in [0, 0.1) is 6.92 Å². The number of esters is 1. The molecule has 1 saturated heterocycles. The van der Waals surface area contributed by atoms with Gasteiger partial charge in [0.25, 0.3) is 5.78 Å². The molecule has 35 heavy (non-hydrogen) atoms. The summed E-state index contributed by atoms with van der Waals surface area (Å²) in [6.45, 7) is 5.76. The van der Waals surface area contributed by atoms with Gasteiger partial charge in [-0.1, -0.05) is 61.1 Å². The fourth-order valence-corrected chi connectivity index (χ4v) is 5.08. The molecule has 1 N–H and O–H groups in total. The van der Waals surface area contributed by atoms with Crippen molar-refractivity contribution in [3.63, 3.8) is 0 Å². The van der Waals surface area contributed by atoms with Crippen molar-refractivity contribution in [3.8, 4) is 0 Å². The number of nitrogens with zero attached hydrogens (tertiary/aromatic N) is 2. The summed E-state index contributed by atoms with van der Waals surface area (Å²) >= 11 is 6.94. The molecular weight excluding hydrogens is 488 g/mol. The molecule has 1 aromatic heterocycles. The van der Waals surface area contributed by atoms with E-state index in [1.54, 1.807) is 31.2 Å². The molecule has 1 aliphatic heterocycles. The average molecular weight is 511 g/mol. The summed E-state index contributed by atoms with van der Waals surface area (Å²) in [6.07, 6.45) is 0. The maximum atomic E-state index is 13.3. The van der Waals surface area contributed by atoms with Gasteiger partial charge in [0.15, 0.2) is 5.13 Å². The molecule has 3 aromatic rings. The molecule has 4 rings (SSSR count). The Morgan fingerprint density at radius 3 is 2.31 bits per heavy atom. The van der Waals surface area contributed by atoms with Crippen LogP contribution in [0.25, 0.3) is 5.76 Å². The zero-order valence-corrected chi connectivity index (χ0v) is 21.1. The van der Waals surface area contributed by atoms with Crippen LogP contribution in [-0.2, 0) is 14.3 Å². The molecule has 1 fully saturated rings. The van der Waals surface area contributed by atoms with Crippen molar-refractivity contribution in [2.45, 2.75) is 32.7 Å². The molecule has 0 spiro atoms. The molecule has 0 radical (unpaired) electrons. The number of ether oxygens (including phenoxy) is 1. The summed E-state index contributed by atoms with van der Waals surface area (Å²) in [5, 5.41) is 11.8. The number of hydrogen-bond donors (Lipinski definition) is 1. The zero-order valence-electron chi connectivity index (χ0n) is 19.5. The van der Waals surface area contributed by atoms with E-state index in [-0.39, 0.29) is 27.3 Å². The summed E-state index contributed by atoms with van der Waals surface area (Å²) < 4.78 is 4.82. The van der Waals surface area contributed by atoms with Gasteiger partial charge in [0.2, 0.25) is 0 Å². The highest BCUT2D eigenvalue weighted by Crippen LogP contribution is 2.44. The van der Waals surface area contributed by atoms with Gasteiger partial charge in [0, 0.05) is 10.6 Å². The molecule has 9 heteroatoms. The number of thiazole rings is 1. The standard InChI is InChI=1S/C26H23ClN2O5S/c1-13(2)15-5-7-16(8-6-15)20-19(21(30)17-9-11-18(27)12-10-17)22(31)24(32)29(20)26-28-14(3)23(35-26)25(33)34-4/h5-13,20,30H,1-4H3/b21-19+/t20-/m0/s1. The summed E-state index contributed by atoms with van der Waals surface area (Å²) in [5.41, 5.74) is 2.37. The minimum absolute atomic E-state index is 0.0675. The number of rotatable bonds is 5. The molecule has 0 bridgehead atoms. The number of Topliss-reactive ketones (excluding diaryl/α,β-unsaturated/α-hetero) is 1. The first-order valence-corrected chi connectivity index (χ1v) is 12.1. The quantitative estimate of drug-likeness (QED) is 0.206. The Hall–Kier alpha value is -3.49. The second kappa shape index (κ2) is 9.64. The fourth-order valence-electron chi connectivity index (χ4n) is 3.94. The number of carbonyl (C=O) groups excluding carboxylic acids is 3. The zero-order chi connectivity index (χ0) is 25.4. The van der Waals surface area contributed by atoms with Crippen molar-refractivity contribution in [3.05, 3.63) is 86.4 Å². The van der Waals surface area contributed by atoms with E-state index in [0.29, 0.717) is 21.8 Å². The van der Waals surface area contributed by atoms with E-state index < -0.39 is 23.7 Å². The predicted octanol–water partition coefficient (Wildman–Crippen LogP) is 5.64. The molecule has 2 aromatic carbocycles. The third kappa shape index (κ3) is 4.47. The van der Waals surface area contributed by atoms with Gasteiger partial charge >= 0.3 is 11.9 Å².